The number of hydrogen-bond acceptors (Lipinski definition) is 18. The van der Waals surface area contributed by atoms with Gasteiger partial charge < -0.3 is 59.2 Å². The Morgan fingerprint density at radius 2 is 1.79 bits per heavy atom. The molecule has 19 heteroatoms. The second-order valence-electron chi connectivity index (χ2n) is 16.8. The smallest absolute Gasteiger partial charge is 0.335 e. The molecular formula is C48H49N3O16. The standard InChI is InChI=1S/C48H49N3O16/c1-25-19-26(2)21-29(20-25)40-38-28(14-16-50-38)23-51(40)67-43-46(64-31-10-11-32-35(22-31)63-24-33(41(32)57)27-6-8-30(54)9-7-27)66-42-34(65-45(60)39(44(58)59)49-15-4-18-53)12-13-37(56)47(42,61)48(43,62)36(55)5-3-17-52/h6-14,16,18-22,24,34,36-37,39,42-43,46,49,52,54-56,61-62H,3-5,15,17,23H2,1-2H3,(H,58,59)/t34-,36-,37-,39-,42+,43-,46+,47+,48+/m1/s1. The molecule has 1 aromatic heterocycles. The number of benzene rings is 3. The largest absolute Gasteiger partial charge is 0.508 e. The topological polar surface area (TPSA) is 288 Å². The number of hydroxylamine groups is 2. The maximum absolute atomic E-state index is 13.7. The van der Waals surface area contributed by atoms with Gasteiger partial charge in [0, 0.05) is 43.0 Å². The Kier molecular flexibility index (Phi) is 13.3. The van der Waals surface area contributed by atoms with Gasteiger partial charge in [-0.3, -0.25) is 19.9 Å². The number of phenols is 1. The van der Waals surface area contributed by atoms with Crippen LogP contribution in [0.1, 0.15) is 36.0 Å². The number of aldehydes is 1. The molecule has 0 saturated carbocycles. The van der Waals surface area contributed by atoms with Crippen molar-refractivity contribution >= 4 is 41.1 Å². The highest BCUT2D eigenvalue weighted by atomic mass is 16.8. The number of carbonyl (C=O) groups excluding carboxylic acids is 2. The van der Waals surface area contributed by atoms with Crippen molar-refractivity contribution in [1.82, 2.24) is 10.4 Å². The molecular weight excluding hydrogens is 875 g/mol. The number of aliphatic imine (C=N–C) groups is 1. The Hall–Kier alpha value is -6.55. The monoisotopic (exact) mass is 923 g/mol. The van der Waals surface area contributed by atoms with Crippen molar-refractivity contribution in [2.75, 3.05) is 19.7 Å². The predicted octanol–water partition coefficient (Wildman–Crippen LogP) is 1.95. The molecule has 0 amide bonds. The molecule has 8 rings (SSSR count). The van der Waals surface area contributed by atoms with E-state index in [1.807, 2.05) is 32.0 Å². The molecule has 8 N–H and O–H groups in total. The number of nitrogens with one attached hydrogen (secondary N) is 1. The number of aliphatic carboxylic acids is 1. The van der Waals surface area contributed by atoms with E-state index >= 15 is 0 Å². The fraction of sp³-hybridized carbons (Fsp3) is 0.354. The van der Waals surface area contributed by atoms with Gasteiger partial charge in [0.25, 0.3) is 0 Å². The van der Waals surface area contributed by atoms with Crippen molar-refractivity contribution in [2.24, 2.45) is 4.99 Å². The third-order valence-electron chi connectivity index (χ3n) is 12.2. The summed E-state index contributed by atoms with van der Waals surface area (Å²) in [4.78, 5) is 61.8. The van der Waals surface area contributed by atoms with Gasteiger partial charge in [0.05, 0.1) is 35.0 Å². The summed E-state index contributed by atoms with van der Waals surface area (Å²) in [6.45, 7) is 3.15. The molecule has 67 heavy (non-hydrogen) atoms. The van der Waals surface area contributed by atoms with E-state index in [2.05, 4.69) is 10.3 Å². The Morgan fingerprint density at radius 1 is 1.04 bits per heavy atom. The number of fused-ring (bicyclic) bond motifs is 3. The van der Waals surface area contributed by atoms with E-state index in [4.69, 9.17) is 23.5 Å². The normalized spacial score (nSPS) is 26.2. The van der Waals surface area contributed by atoms with Crippen LogP contribution in [-0.2, 0) is 28.7 Å². The summed E-state index contributed by atoms with van der Waals surface area (Å²) in [5, 5.41) is 83.8. The molecule has 1 saturated heterocycles. The van der Waals surface area contributed by atoms with Gasteiger partial charge in [0.2, 0.25) is 12.3 Å². The van der Waals surface area contributed by atoms with Crippen molar-refractivity contribution < 1.29 is 73.6 Å². The SMILES string of the molecule is Cc1cc(C)cc(C2=C3N=CC=C3CN2O[C@@H]2[C@@H](Oc3ccc4c(=O)c(-c5ccc(O)cc5)coc4c3)O[C@H]3[C@H](OC(=O)[C@H](NCCC=O)C(=O)O)C=C[C@@H](O)[C@@]3(O)[C@]2(O)[C@H](O)CCCO)c1. The number of rotatable bonds is 17. The van der Waals surface area contributed by atoms with Crippen LogP contribution >= 0.6 is 0 Å². The Bertz CT molecular complexity index is 2730. The van der Waals surface area contributed by atoms with Crippen LogP contribution in [0.5, 0.6) is 11.5 Å². The molecule has 3 aromatic carbocycles. The first-order chi connectivity index (χ1) is 32.1. The molecule has 0 spiro atoms. The van der Waals surface area contributed by atoms with Gasteiger partial charge in [0.1, 0.15) is 47.9 Å². The number of esters is 1. The van der Waals surface area contributed by atoms with E-state index in [9.17, 15) is 54.9 Å². The molecule has 0 bridgehead atoms. The lowest BCUT2D eigenvalue weighted by atomic mass is 9.63. The number of ether oxygens (including phenoxy) is 3. The van der Waals surface area contributed by atoms with Gasteiger partial charge >= 0.3 is 11.9 Å². The second-order valence-corrected chi connectivity index (χ2v) is 16.8. The summed E-state index contributed by atoms with van der Waals surface area (Å²) in [6, 6.07) is 13.8. The summed E-state index contributed by atoms with van der Waals surface area (Å²) >= 11 is 0. The summed E-state index contributed by atoms with van der Waals surface area (Å²) < 4.78 is 24.5. The number of aliphatic hydroxyl groups is 5. The van der Waals surface area contributed by atoms with Crippen LogP contribution in [0.25, 0.3) is 27.8 Å². The van der Waals surface area contributed by atoms with Crippen LogP contribution in [0.4, 0.5) is 0 Å². The maximum atomic E-state index is 13.7. The number of hydrogen-bond donors (Lipinski definition) is 8. The highest BCUT2D eigenvalue weighted by Crippen LogP contribution is 2.50. The van der Waals surface area contributed by atoms with Gasteiger partial charge in [-0.15, -0.1) is 0 Å². The molecule has 0 radical (unpaired) electrons. The number of carboxylic acids is 1. The number of aromatic hydroxyl groups is 1. The lowest BCUT2D eigenvalue weighted by Gasteiger charge is -2.60. The average Bonchev–Trinajstić information content (AvgIpc) is 3.89. The lowest BCUT2D eigenvalue weighted by Crippen LogP contribution is -2.84. The zero-order valence-corrected chi connectivity index (χ0v) is 36.2. The molecule has 0 unspecified atom stereocenters. The molecule has 352 valence electrons. The van der Waals surface area contributed by atoms with E-state index in [0.29, 0.717) is 34.4 Å². The van der Waals surface area contributed by atoms with Crippen molar-refractivity contribution in [2.45, 2.75) is 87.2 Å². The Morgan fingerprint density at radius 3 is 2.49 bits per heavy atom. The Labute approximate surface area is 382 Å². The molecule has 1 aliphatic carbocycles. The van der Waals surface area contributed by atoms with Crippen LogP contribution in [0.15, 0.2) is 111 Å². The van der Waals surface area contributed by atoms with Crippen LogP contribution in [0, 0.1) is 13.8 Å². The fourth-order valence-electron chi connectivity index (χ4n) is 9.05. The minimum absolute atomic E-state index is 0.00119. The summed E-state index contributed by atoms with van der Waals surface area (Å²) in [6.07, 6.45) is -5.39. The van der Waals surface area contributed by atoms with E-state index in [1.165, 1.54) is 41.7 Å². The van der Waals surface area contributed by atoms with Gasteiger partial charge in [-0.2, -0.15) is 0 Å². The molecule has 4 aliphatic rings. The number of aliphatic hydroxyl groups excluding tert-OH is 3. The summed E-state index contributed by atoms with van der Waals surface area (Å²) in [5.74, 6) is -3.12. The Balaban J connectivity index is 1.25. The lowest BCUT2D eigenvalue weighted by molar-refractivity contribution is -0.413. The molecule has 19 nitrogen and oxygen atoms in total. The molecule has 1 fully saturated rings. The highest BCUT2D eigenvalue weighted by Gasteiger charge is 2.74. The zero-order chi connectivity index (χ0) is 47.8. The molecule has 4 heterocycles. The van der Waals surface area contributed by atoms with Crippen LogP contribution in [0.2, 0.25) is 0 Å². The quantitative estimate of drug-likeness (QED) is 0.0247. The zero-order valence-electron chi connectivity index (χ0n) is 36.2. The minimum atomic E-state index is -3.07. The van der Waals surface area contributed by atoms with Gasteiger partial charge in [0.15, 0.2) is 22.7 Å². The van der Waals surface area contributed by atoms with Crippen molar-refractivity contribution in [1.29, 1.82) is 0 Å². The predicted molar refractivity (Wildman–Crippen MR) is 237 cm³/mol. The van der Waals surface area contributed by atoms with Crippen molar-refractivity contribution in [3.8, 4) is 22.6 Å². The second kappa shape index (κ2) is 19.0. The van der Waals surface area contributed by atoms with Crippen molar-refractivity contribution in [3.05, 3.63) is 123 Å². The first-order valence-corrected chi connectivity index (χ1v) is 21.5. The molecule has 4 aromatic rings. The average molecular weight is 924 g/mol. The van der Waals surface area contributed by atoms with Crippen molar-refractivity contribution in [3.63, 3.8) is 0 Å². The first kappa shape index (κ1) is 47.0. The number of allylic oxidation sites excluding steroid dienone is 1. The number of nitrogens with zero attached hydrogens (tertiary/aromatic N) is 2. The van der Waals surface area contributed by atoms with Crippen LogP contribution < -0.4 is 15.5 Å². The third-order valence-corrected chi connectivity index (χ3v) is 12.2. The van der Waals surface area contributed by atoms with Gasteiger partial charge in [-0.05, 0) is 80.8 Å². The first-order valence-electron chi connectivity index (χ1n) is 21.5. The number of aryl methyl sites for hydroxylation is 2. The maximum Gasteiger partial charge on any atom is 0.335 e. The number of phenolic OH excluding ortho intramolecular Hbond substituents is 1. The summed E-state index contributed by atoms with van der Waals surface area (Å²) in [7, 11) is 0. The van der Waals surface area contributed by atoms with E-state index < -0.39 is 84.4 Å². The van der Waals surface area contributed by atoms with E-state index in [0.717, 1.165) is 23.3 Å². The van der Waals surface area contributed by atoms with E-state index in [-0.39, 0.29) is 54.0 Å². The van der Waals surface area contributed by atoms with Crippen LogP contribution in [0.3, 0.4) is 0 Å². The third kappa shape index (κ3) is 8.67. The summed E-state index contributed by atoms with van der Waals surface area (Å²) in [5.41, 5.74) is -1.71. The number of carboxylic acid groups (broad SMARTS) is 1. The van der Waals surface area contributed by atoms with E-state index in [1.54, 1.807) is 24.4 Å². The molecule has 3 aliphatic heterocycles. The van der Waals surface area contributed by atoms with Gasteiger partial charge in [-0.1, -0.05) is 35.4 Å². The number of carbonyl (C=O) groups is 3. The highest BCUT2D eigenvalue weighted by molar-refractivity contribution is 5.98. The minimum Gasteiger partial charge on any atom is -0.508 e. The van der Waals surface area contributed by atoms with Gasteiger partial charge in [-0.25, -0.2) is 14.7 Å². The fourth-order valence-corrected chi connectivity index (χ4v) is 9.05. The molecule has 9 atom stereocenters. The van der Waals surface area contributed by atoms with Crippen LogP contribution in [-0.4, -0.2) is 139 Å².